The quantitative estimate of drug-likeness (QED) is 0.586. The lowest BCUT2D eigenvalue weighted by Crippen LogP contribution is -2.36. The van der Waals surface area contributed by atoms with Gasteiger partial charge in [-0.05, 0) is 31.0 Å². The van der Waals surface area contributed by atoms with Gasteiger partial charge < -0.3 is 4.90 Å². The van der Waals surface area contributed by atoms with Gasteiger partial charge in [0.1, 0.15) is 0 Å². The topological polar surface area (TPSA) is 3.24 Å². The summed E-state index contributed by atoms with van der Waals surface area (Å²) in [5.41, 5.74) is 2.43. The Morgan fingerprint density at radius 3 is 2.64 bits per heavy atom. The van der Waals surface area contributed by atoms with E-state index < -0.39 is 0 Å². The van der Waals surface area contributed by atoms with Crippen LogP contribution in [-0.2, 0) is 0 Å². The molecule has 0 amide bonds. The lowest BCUT2D eigenvalue weighted by molar-refractivity contribution is 0.618. The van der Waals surface area contributed by atoms with Gasteiger partial charge in [-0.1, -0.05) is 12.1 Å². The van der Waals surface area contributed by atoms with Gasteiger partial charge >= 0.3 is 0 Å². The Morgan fingerprint density at radius 2 is 2.09 bits per heavy atom. The van der Waals surface area contributed by atoms with Crippen molar-refractivity contribution < 1.29 is 0 Å². The molecule has 1 saturated heterocycles. The fourth-order valence-corrected chi connectivity index (χ4v) is 1.33. The van der Waals surface area contributed by atoms with Crippen LogP contribution >= 0.6 is 0 Å². The van der Waals surface area contributed by atoms with E-state index in [1.54, 1.807) is 0 Å². The van der Waals surface area contributed by atoms with Gasteiger partial charge in [0.05, 0.1) is 0 Å². The second kappa shape index (κ2) is 2.57. The number of hydrogen-bond donors (Lipinski definition) is 0. The van der Waals surface area contributed by atoms with Gasteiger partial charge in [0.2, 0.25) is 0 Å². The first-order chi connectivity index (χ1) is 5.36. The Kier molecular flexibility index (Phi) is 1.57. The first-order valence-electron chi connectivity index (χ1n) is 4.03. The van der Waals surface area contributed by atoms with Crippen molar-refractivity contribution in [3.63, 3.8) is 0 Å². The molecule has 1 aromatic rings. The van der Waals surface area contributed by atoms with E-state index in [-0.39, 0.29) is 0 Å². The Balaban J connectivity index is 2.23. The van der Waals surface area contributed by atoms with E-state index in [0.717, 1.165) is 5.56 Å². The predicted molar refractivity (Wildman–Crippen MR) is 47.7 cm³/mol. The van der Waals surface area contributed by atoms with E-state index in [2.05, 4.69) is 30.0 Å². The largest absolute Gasteiger partial charge is 0.371 e. The van der Waals surface area contributed by atoms with E-state index in [0.29, 0.717) is 0 Å². The molecule has 0 aliphatic carbocycles. The lowest BCUT2D eigenvalue weighted by atomic mass is 10.1. The van der Waals surface area contributed by atoms with E-state index >= 15 is 0 Å². The normalized spacial score (nSPS) is 16.3. The molecular formula is C10H12N. The van der Waals surface area contributed by atoms with Gasteiger partial charge in [0.15, 0.2) is 0 Å². The third-order valence-corrected chi connectivity index (χ3v) is 2.13. The Hall–Kier alpha value is -0.980. The molecule has 11 heavy (non-hydrogen) atoms. The number of anilines is 1. The summed E-state index contributed by atoms with van der Waals surface area (Å²) in [4.78, 5) is 2.37. The molecule has 1 aliphatic heterocycles. The third-order valence-electron chi connectivity index (χ3n) is 2.13. The Morgan fingerprint density at radius 1 is 1.27 bits per heavy atom. The molecule has 1 nitrogen and oxygen atoms in total. The zero-order chi connectivity index (χ0) is 7.68. The van der Waals surface area contributed by atoms with Crippen molar-refractivity contribution in [1.82, 2.24) is 0 Å². The highest BCUT2D eigenvalue weighted by Crippen LogP contribution is 2.20. The molecule has 0 bridgehead atoms. The minimum Gasteiger partial charge on any atom is -0.371 e. The Bertz CT molecular complexity index is 251. The molecule has 1 radical (unpaired) electrons. The molecule has 1 aliphatic rings. The molecule has 0 spiro atoms. The second-order valence-electron chi connectivity index (χ2n) is 3.01. The summed E-state index contributed by atoms with van der Waals surface area (Å²) >= 11 is 0. The molecule has 1 heteroatoms. The monoisotopic (exact) mass is 146 g/mol. The molecule has 1 aromatic carbocycles. The van der Waals surface area contributed by atoms with Gasteiger partial charge in [0, 0.05) is 18.8 Å². The maximum atomic E-state index is 3.90. The summed E-state index contributed by atoms with van der Waals surface area (Å²) in [6.07, 6.45) is 1.33. The van der Waals surface area contributed by atoms with Gasteiger partial charge in [-0.2, -0.15) is 0 Å². The van der Waals surface area contributed by atoms with Crippen LogP contribution in [0.5, 0.6) is 0 Å². The molecule has 57 valence electrons. The van der Waals surface area contributed by atoms with Gasteiger partial charge in [-0.25, -0.2) is 0 Å². The second-order valence-corrected chi connectivity index (χ2v) is 3.01. The first-order valence-corrected chi connectivity index (χ1v) is 4.03. The van der Waals surface area contributed by atoms with Crippen molar-refractivity contribution in [3.05, 3.63) is 36.8 Å². The van der Waals surface area contributed by atoms with Crippen molar-refractivity contribution in [2.45, 2.75) is 6.42 Å². The van der Waals surface area contributed by atoms with Crippen LogP contribution in [0.3, 0.4) is 0 Å². The molecule has 0 N–H and O–H groups in total. The van der Waals surface area contributed by atoms with Crippen LogP contribution in [0, 0.1) is 6.92 Å². The molecule has 0 unspecified atom stereocenters. The molecule has 0 atom stereocenters. The van der Waals surface area contributed by atoms with E-state index in [9.17, 15) is 0 Å². The smallest absolute Gasteiger partial charge is 0.0368 e. The van der Waals surface area contributed by atoms with Crippen LogP contribution in [0.1, 0.15) is 12.0 Å². The van der Waals surface area contributed by atoms with Crippen molar-refractivity contribution >= 4 is 5.69 Å². The SMILES string of the molecule is [CH2]c1cccc(N2CCC2)c1. The maximum absolute atomic E-state index is 3.90. The van der Waals surface area contributed by atoms with Crippen LogP contribution in [0.15, 0.2) is 24.3 Å². The van der Waals surface area contributed by atoms with Crippen LogP contribution < -0.4 is 4.90 Å². The average molecular weight is 146 g/mol. The van der Waals surface area contributed by atoms with E-state index in [4.69, 9.17) is 0 Å². The van der Waals surface area contributed by atoms with Crippen molar-refractivity contribution in [3.8, 4) is 0 Å². The summed E-state index contributed by atoms with van der Waals surface area (Å²) in [7, 11) is 0. The molecular weight excluding hydrogens is 134 g/mol. The standard InChI is InChI=1S/C10H12N/c1-9-4-2-5-10(8-9)11-6-3-7-11/h2,4-5,8H,1,3,6-7H2. The minimum absolute atomic E-state index is 1.11. The van der Waals surface area contributed by atoms with Crippen LogP contribution in [-0.4, -0.2) is 13.1 Å². The van der Waals surface area contributed by atoms with Gasteiger partial charge in [-0.15, -0.1) is 0 Å². The summed E-state index contributed by atoms with van der Waals surface area (Å²) in [5, 5.41) is 0. The number of hydrogen-bond acceptors (Lipinski definition) is 1. The highest BCUT2D eigenvalue weighted by molar-refractivity contribution is 5.50. The summed E-state index contributed by atoms with van der Waals surface area (Å²) in [6.45, 7) is 6.32. The fraction of sp³-hybridized carbons (Fsp3) is 0.300. The number of benzene rings is 1. The summed E-state index contributed by atoms with van der Waals surface area (Å²) in [6, 6.07) is 8.38. The third kappa shape index (κ3) is 1.23. The Labute approximate surface area is 67.6 Å². The zero-order valence-corrected chi connectivity index (χ0v) is 6.59. The van der Waals surface area contributed by atoms with Crippen LogP contribution in [0.25, 0.3) is 0 Å². The highest BCUT2D eigenvalue weighted by Gasteiger charge is 2.13. The summed E-state index contributed by atoms with van der Waals surface area (Å²) < 4.78 is 0. The van der Waals surface area contributed by atoms with Gasteiger partial charge in [0.25, 0.3) is 0 Å². The minimum atomic E-state index is 1.11. The predicted octanol–water partition coefficient (Wildman–Crippen LogP) is 2.08. The lowest BCUT2D eigenvalue weighted by Gasteiger charge is -2.33. The average Bonchev–Trinajstić information content (AvgIpc) is 1.83. The molecule has 0 aromatic heterocycles. The molecule has 1 heterocycles. The molecule has 1 fully saturated rings. The first kappa shape index (κ1) is 6.71. The number of rotatable bonds is 1. The molecule has 0 saturated carbocycles. The van der Waals surface area contributed by atoms with Crippen molar-refractivity contribution in [2.24, 2.45) is 0 Å². The molecule has 2 rings (SSSR count). The van der Waals surface area contributed by atoms with Crippen molar-refractivity contribution in [2.75, 3.05) is 18.0 Å². The fourth-order valence-electron chi connectivity index (χ4n) is 1.33. The van der Waals surface area contributed by atoms with Crippen molar-refractivity contribution in [1.29, 1.82) is 0 Å². The summed E-state index contributed by atoms with van der Waals surface area (Å²) in [5.74, 6) is 0. The maximum Gasteiger partial charge on any atom is 0.0368 e. The highest BCUT2D eigenvalue weighted by atomic mass is 15.2. The zero-order valence-electron chi connectivity index (χ0n) is 6.59. The van der Waals surface area contributed by atoms with E-state index in [1.807, 2.05) is 6.07 Å². The van der Waals surface area contributed by atoms with E-state index in [1.165, 1.54) is 25.2 Å². The number of nitrogens with zero attached hydrogens (tertiary/aromatic N) is 1. The van der Waals surface area contributed by atoms with Crippen LogP contribution in [0.2, 0.25) is 0 Å². The van der Waals surface area contributed by atoms with Gasteiger partial charge in [-0.3, -0.25) is 0 Å². The van der Waals surface area contributed by atoms with Crippen LogP contribution in [0.4, 0.5) is 5.69 Å².